The van der Waals surface area contributed by atoms with Crippen LogP contribution in [-0.2, 0) is 10.0 Å². The van der Waals surface area contributed by atoms with Gasteiger partial charge in [0.15, 0.2) is 0 Å². The zero-order valence-corrected chi connectivity index (χ0v) is 13.1. The Labute approximate surface area is 126 Å². The van der Waals surface area contributed by atoms with Crippen LogP contribution in [0.2, 0.25) is 0 Å². The minimum absolute atomic E-state index is 0.164. The molecular formula is C14H20N4O2S. The Morgan fingerprint density at radius 3 is 2.57 bits per heavy atom. The van der Waals surface area contributed by atoms with Gasteiger partial charge in [-0.3, -0.25) is 4.90 Å². The first kappa shape index (κ1) is 15.9. The van der Waals surface area contributed by atoms with Gasteiger partial charge in [0.1, 0.15) is 0 Å². The van der Waals surface area contributed by atoms with Gasteiger partial charge in [0.25, 0.3) is 0 Å². The largest absolute Gasteiger partial charge is 0.303 e. The third-order valence-electron chi connectivity index (χ3n) is 3.78. The monoisotopic (exact) mass is 308 g/mol. The highest BCUT2D eigenvalue weighted by Crippen LogP contribution is 2.11. The Kier molecular flexibility index (Phi) is 4.96. The van der Waals surface area contributed by atoms with Crippen molar-refractivity contribution in [2.45, 2.75) is 10.9 Å². The topological polar surface area (TPSA) is 76.4 Å². The second-order valence-corrected chi connectivity index (χ2v) is 7.15. The second kappa shape index (κ2) is 6.54. The van der Waals surface area contributed by atoms with E-state index in [-0.39, 0.29) is 10.9 Å². The standard InChI is InChI=1S/C14H20N4O2S/c1-17-7-8-18(2)13(11-17)10-16-21(19,20)14-5-3-12(9-15)4-6-14/h3-6,13,16H,7-8,10-11H2,1-2H3. The number of rotatable bonds is 4. The summed E-state index contributed by atoms with van der Waals surface area (Å²) in [5.74, 6) is 0. The van der Waals surface area contributed by atoms with Crippen LogP contribution in [0, 0.1) is 11.3 Å². The van der Waals surface area contributed by atoms with Gasteiger partial charge in [-0.15, -0.1) is 0 Å². The van der Waals surface area contributed by atoms with Crippen molar-refractivity contribution in [2.24, 2.45) is 0 Å². The molecule has 1 aliphatic rings. The van der Waals surface area contributed by atoms with Crippen LogP contribution < -0.4 is 4.72 Å². The molecule has 1 aromatic carbocycles. The first-order valence-electron chi connectivity index (χ1n) is 6.81. The maximum absolute atomic E-state index is 12.2. The average Bonchev–Trinajstić information content (AvgIpc) is 2.48. The molecular weight excluding hydrogens is 288 g/mol. The minimum Gasteiger partial charge on any atom is -0.303 e. The molecule has 0 saturated carbocycles. The summed E-state index contributed by atoms with van der Waals surface area (Å²) in [5.41, 5.74) is 0.447. The van der Waals surface area contributed by atoms with Crippen molar-refractivity contribution in [3.8, 4) is 6.07 Å². The number of piperazine rings is 1. The lowest BCUT2D eigenvalue weighted by atomic mass is 10.2. The Morgan fingerprint density at radius 1 is 1.29 bits per heavy atom. The van der Waals surface area contributed by atoms with Crippen LogP contribution in [0.4, 0.5) is 0 Å². The van der Waals surface area contributed by atoms with Crippen LogP contribution in [-0.4, -0.2) is 64.5 Å². The molecule has 1 unspecified atom stereocenters. The maximum Gasteiger partial charge on any atom is 0.240 e. The molecule has 1 saturated heterocycles. The number of nitrogens with one attached hydrogen (secondary N) is 1. The molecule has 21 heavy (non-hydrogen) atoms. The molecule has 0 spiro atoms. The van der Waals surface area contributed by atoms with E-state index in [0.29, 0.717) is 12.1 Å². The van der Waals surface area contributed by atoms with Crippen LogP contribution in [0.3, 0.4) is 0 Å². The number of hydrogen-bond donors (Lipinski definition) is 1. The summed E-state index contributed by atoms with van der Waals surface area (Å²) in [4.78, 5) is 4.55. The zero-order valence-electron chi connectivity index (χ0n) is 12.3. The number of hydrogen-bond acceptors (Lipinski definition) is 5. The predicted octanol–water partition coefficient (Wildman–Crippen LogP) is 0.0824. The summed E-state index contributed by atoms with van der Waals surface area (Å²) in [7, 11) is 0.514. The van der Waals surface area contributed by atoms with Gasteiger partial charge in [-0.25, -0.2) is 13.1 Å². The Morgan fingerprint density at radius 2 is 1.95 bits per heavy atom. The predicted molar refractivity (Wildman–Crippen MR) is 80.3 cm³/mol. The molecule has 1 aromatic rings. The molecule has 7 heteroatoms. The van der Waals surface area contributed by atoms with Gasteiger partial charge in [-0.2, -0.15) is 5.26 Å². The van der Waals surface area contributed by atoms with Gasteiger partial charge in [-0.05, 0) is 38.4 Å². The lowest BCUT2D eigenvalue weighted by Gasteiger charge is -2.37. The van der Waals surface area contributed by atoms with Crippen LogP contribution in [0.25, 0.3) is 0 Å². The number of sulfonamides is 1. The van der Waals surface area contributed by atoms with Crippen LogP contribution in [0.1, 0.15) is 5.56 Å². The molecule has 1 atom stereocenters. The lowest BCUT2D eigenvalue weighted by Crippen LogP contribution is -2.54. The van der Waals surface area contributed by atoms with Crippen molar-refractivity contribution in [3.63, 3.8) is 0 Å². The molecule has 6 nitrogen and oxygen atoms in total. The Bertz CT molecular complexity index is 621. The van der Waals surface area contributed by atoms with Gasteiger partial charge in [0, 0.05) is 32.2 Å². The third-order valence-corrected chi connectivity index (χ3v) is 5.22. The van der Waals surface area contributed by atoms with E-state index in [0.717, 1.165) is 19.6 Å². The summed E-state index contributed by atoms with van der Waals surface area (Å²) >= 11 is 0. The van der Waals surface area contributed by atoms with E-state index in [1.807, 2.05) is 20.2 Å². The van der Waals surface area contributed by atoms with E-state index in [4.69, 9.17) is 5.26 Å². The molecule has 1 heterocycles. The van der Waals surface area contributed by atoms with Crippen LogP contribution >= 0.6 is 0 Å². The van der Waals surface area contributed by atoms with Gasteiger partial charge in [-0.1, -0.05) is 0 Å². The molecule has 0 bridgehead atoms. The van der Waals surface area contributed by atoms with E-state index in [9.17, 15) is 8.42 Å². The second-order valence-electron chi connectivity index (χ2n) is 5.38. The van der Waals surface area contributed by atoms with E-state index in [1.54, 1.807) is 0 Å². The van der Waals surface area contributed by atoms with Crippen molar-refractivity contribution in [2.75, 3.05) is 40.3 Å². The SMILES string of the molecule is CN1CCN(C)C(CNS(=O)(=O)c2ccc(C#N)cc2)C1. The first-order valence-corrected chi connectivity index (χ1v) is 8.29. The number of nitriles is 1. The van der Waals surface area contributed by atoms with E-state index >= 15 is 0 Å². The van der Waals surface area contributed by atoms with Gasteiger partial charge >= 0.3 is 0 Å². The van der Waals surface area contributed by atoms with Crippen molar-refractivity contribution in [3.05, 3.63) is 29.8 Å². The molecule has 0 aromatic heterocycles. The summed E-state index contributed by atoms with van der Waals surface area (Å²) in [6, 6.07) is 8.07. The van der Waals surface area contributed by atoms with E-state index in [2.05, 4.69) is 14.5 Å². The maximum atomic E-state index is 12.2. The molecule has 1 aliphatic heterocycles. The highest BCUT2D eigenvalue weighted by Gasteiger charge is 2.24. The lowest BCUT2D eigenvalue weighted by molar-refractivity contribution is 0.117. The smallest absolute Gasteiger partial charge is 0.240 e. The minimum atomic E-state index is -3.53. The van der Waals surface area contributed by atoms with Gasteiger partial charge in [0.05, 0.1) is 16.5 Å². The molecule has 1 fully saturated rings. The Hall–Kier alpha value is -1.46. The van der Waals surface area contributed by atoms with Crippen LogP contribution in [0.5, 0.6) is 0 Å². The van der Waals surface area contributed by atoms with E-state index in [1.165, 1.54) is 24.3 Å². The van der Waals surface area contributed by atoms with Gasteiger partial charge in [0.2, 0.25) is 10.0 Å². The fraction of sp³-hybridized carbons (Fsp3) is 0.500. The average molecular weight is 308 g/mol. The highest BCUT2D eigenvalue weighted by molar-refractivity contribution is 7.89. The van der Waals surface area contributed by atoms with Gasteiger partial charge < -0.3 is 4.90 Å². The first-order chi connectivity index (χ1) is 9.92. The molecule has 1 N–H and O–H groups in total. The van der Waals surface area contributed by atoms with Crippen molar-refractivity contribution in [1.82, 2.24) is 14.5 Å². The summed E-state index contributed by atoms with van der Waals surface area (Å²) in [6.07, 6.45) is 0. The zero-order chi connectivity index (χ0) is 15.5. The molecule has 0 radical (unpaired) electrons. The normalized spacial score (nSPS) is 21.1. The van der Waals surface area contributed by atoms with Crippen molar-refractivity contribution in [1.29, 1.82) is 5.26 Å². The highest BCUT2D eigenvalue weighted by atomic mass is 32.2. The number of likely N-dealkylation sites (N-methyl/N-ethyl adjacent to an activating group) is 2. The molecule has 2 rings (SSSR count). The fourth-order valence-corrected chi connectivity index (χ4v) is 3.39. The summed E-state index contributed by atoms with van der Waals surface area (Å²) in [6.45, 7) is 3.14. The molecule has 0 aliphatic carbocycles. The third kappa shape index (κ3) is 4.02. The van der Waals surface area contributed by atoms with Crippen LogP contribution in [0.15, 0.2) is 29.2 Å². The van der Waals surface area contributed by atoms with Crippen molar-refractivity contribution >= 4 is 10.0 Å². The molecule has 114 valence electrons. The Balaban J connectivity index is 2.02. The molecule has 0 amide bonds. The number of benzene rings is 1. The fourth-order valence-electron chi connectivity index (χ4n) is 2.32. The summed E-state index contributed by atoms with van der Waals surface area (Å²) < 4.78 is 27.1. The quantitative estimate of drug-likeness (QED) is 0.852. The van der Waals surface area contributed by atoms with E-state index < -0.39 is 10.0 Å². The van der Waals surface area contributed by atoms with Crippen molar-refractivity contribution < 1.29 is 8.42 Å². The summed E-state index contributed by atoms with van der Waals surface area (Å²) in [5, 5.41) is 8.73. The number of nitrogens with zero attached hydrogens (tertiary/aromatic N) is 3.